The quantitative estimate of drug-likeness (QED) is 0.486. The van der Waals surface area contributed by atoms with Gasteiger partial charge in [-0.25, -0.2) is 0 Å². The molecule has 6 nitrogen and oxygen atoms in total. The van der Waals surface area contributed by atoms with Gasteiger partial charge in [0.25, 0.3) is 5.56 Å². The number of aromatic nitrogens is 4. The van der Waals surface area contributed by atoms with E-state index >= 15 is 0 Å². The van der Waals surface area contributed by atoms with Crippen molar-refractivity contribution in [3.8, 4) is 11.8 Å². The Kier molecular flexibility index (Phi) is 5.37. The maximum Gasteiger partial charge on any atom is 0.273 e. The van der Waals surface area contributed by atoms with E-state index in [-0.39, 0.29) is 5.56 Å². The van der Waals surface area contributed by atoms with Crippen molar-refractivity contribution < 1.29 is 0 Å². The molecule has 8 heteroatoms. The van der Waals surface area contributed by atoms with Crippen LogP contribution in [0.5, 0.6) is 0 Å². The van der Waals surface area contributed by atoms with Crippen LogP contribution in [0.3, 0.4) is 0 Å². The summed E-state index contributed by atoms with van der Waals surface area (Å²) in [5.74, 6) is 1.46. The van der Waals surface area contributed by atoms with E-state index in [9.17, 15) is 10.1 Å². The van der Waals surface area contributed by atoms with Crippen LogP contribution < -0.4 is 14.8 Å². The van der Waals surface area contributed by atoms with Crippen LogP contribution in [0.4, 0.5) is 0 Å². The lowest BCUT2D eigenvalue weighted by molar-refractivity contribution is 0.627. The van der Waals surface area contributed by atoms with E-state index in [1.54, 1.807) is 15.9 Å². The zero-order chi connectivity index (χ0) is 21.2. The van der Waals surface area contributed by atoms with Gasteiger partial charge in [-0.2, -0.15) is 16.6 Å². The number of thiophene rings is 1. The summed E-state index contributed by atoms with van der Waals surface area (Å²) in [5, 5.41) is 22.9. The largest absolute Gasteiger partial charge is 0.310 e. The second-order valence-electron chi connectivity index (χ2n) is 7.34. The maximum absolute atomic E-state index is 13.4. The highest BCUT2D eigenvalue weighted by Gasteiger charge is 2.21. The third kappa shape index (κ3) is 3.67. The Hall–Kier alpha value is -3.28. The lowest BCUT2D eigenvalue weighted by Gasteiger charge is -2.07. The SMILES string of the molecule is N#C/C(c1nnc2n1CCCCC2)=c1\s/c(=C\c2ccsc2)c(=O)n1-c1ccccc1. The second-order valence-corrected chi connectivity index (χ2v) is 9.15. The number of thiazole rings is 1. The number of nitrogens with zero attached hydrogens (tertiary/aromatic N) is 5. The number of hydrogen-bond acceptors (Lipinski definition) is 6. The summed E-state index contributed by atoms with van der Waals surface area (Å²) in [4.78, 5) is 13.4. The molecule has 0 amide bonds. The van der Waals surface area contributed by atoms with Crippen molar-refractivity contribution in [3.63, 3.8) is 0 Å². The molecule has 3 aromatic heterocycles. The van der Waals surface area contributed by atoms with E-state index in [4.69, 9.17) is 0 Å². The number of para-hydroxylation sites is 1. The average Bonchev–Trinajstić information content (AvgIpc) is 3.47. The van der Waals surface area contributed by atoms with Crippen LogP contribution in [0.15, 0.2) is 52.0 Å². The summed E-state index contributed by atoms with van der Waals surface area (Å²) in [6.45, 7) is 0.789. The van der Waals surface area contributed by atoms with E-state index in [0.717, 1.165) is 49.3 Å². The fourth-order valence-electron chi connectivity index (χ4n) is 3.83. The van der Waals surface area contributed by atoms with Crippen molar-refractivity contribution in [2.45, 2.75) is 32.2 Å². The Bertz CT molecular complexity index is 1440. The molecular weight excluding hydrogens is 426 g/mol. The van der Waals surface area contributed by atoms with Crippen LogP contribution in [0, 0.1) is 11.3 Å². The molecule has 0 radical (unpaired) electrons. The minimum absolute atomic E-state index is 0.138. The van der Waals surface area contributed by atoms with E-state index < -0.39 is 0 Å². The lowest BCUT2D eigenvalue weighted by Crippen LogP contribution is -2.31. The molecule has 4 heterocycles. The minimum Gasteiger partial charge on any atom is -0.310 e. The van der Waals surface area contributed by atoms with Crippen LogP contribution in [-0.2, 0) is 13.0 Å². The van der Waals surface area contributed by atoms with Crippen LogP contribution in [-0.4, -0.2) is 19.3 Å². The molecule has 0 aliphatic carbocycles. The van der Waals surface area contributed by atoms with Gasteiger partial charge in [-0.1, -0.05) is 24.6 Å². The molecule has 1 aromatic carbocycles. The summed E-state index contributed by atoms with van der Waals surface area (Å²) < 4.78 is 4.84. The molecule has 0 bridgehead atoms. The smallest absolute Gasteiger partial charge is 0.273 e. The second kappa shape index (κ2) is 8.46. The highest BCUT2D eigenvalue weighted by atomic mass is 32.1. The Morgan fingerprint density at radius 1 is 1.13 bits per heavy atom. The van der Waals surface area contributed by atoms with Gasteiger partial charge in [-0.3, -0.25) is 9.36 Å². The minimum atomic E-state index is -0.138. The van der Waals surface area contributed by atoms with Crippen molar-refractivity contribution in [1.82, 2.24) is 19.3 Å². The lowest BCUT2D eigenvalue weighted by atomic mass is 10.2. The van der Waals surface area contributed by atoms with Crippen molar-refractivity contribution >= 4 is 34.3 Å². The fraction of sp³-hybridized carbons (Fsp3) is 0.217. The Labute approximate surface area is 186 Å². The molecule has 0 saturated carbocycles. The van der Waals surface area contributed by atoms with Gasteiger partial charge in [-0.05, 0) is 53.4 Å². The number of fused-ring (bicyclic) bond motifs is 1. The van der Waals surface area contributed by atoms with Gasteiger partial charge in [0.05, 0.1) is 10.2 Å². The molecule has 4 aromatic rings. The number of nitriles is 1. The Morgan fingerprint density at radius 3 is 2.77 bits per heavy atom. The van der Waals surface area contributed by atoms with Gasteiger partial charge in [0, 0.05) is 13.0 Å². The number of rotatable bonds is 3. The first kappa shape index (κ1) is 19.7. The zero-order valence-electron chi connectivity index (χ0n) is 16.7. The van der Waals surface area contributed by atoms with Crippen LogP contribution in [0.25, 0.3) is 17.3 Å². The van der Waals surface area contributed by atoms with Gasteiger partial charge in [-0.15, -0.1) is 21.5 Å². The van der Waals surface area contributed by atoms with E-state index in [1.165, 1.54) is 11.3 Å². The molecule has 1 aliphatic heterocycles. The van der Waals surface area contributed by atoms with Crippen molar-refractivity contribution in [2.24, 2.45) is 0 Å². The monoisotopic (exact) mass is 445 g/mol. The van der Waals surface area contributed by atoms with Gasteiger partial charge in [0.1, 0.15) is 22.1 Å². The Morgan fingerprint density at radius 2 is 2.00 bits per heavy atom. The third-order valence-corrected chi connectivity index (χ3v) is 7.13. The van der Waals surface area contributed by atoms with Gasteiger partial charge < -0.3 is 4.57 Å². The number of hydrogen-bond donors (Lipinski definition) is 0. The van der Waals surface area contributed by atoms with Crippen molar-refractivity contribution in [1.29, 1.82) is 5.26 Å². The maximum atomic E-state index is 13.4. The first-order valence-electron chi connectivity index (χ1n) is 10.1. The fourth-order valence-corrected chi connectivity index (χ4v) is 5.55. The number of benzene rings is 1. The van der Waals surface area contributed by atoms with Gasteiger partial charge in [0.15, 0.2) is 5.82 Å². The van der Waals surface area contributed by atoms with Gasteiger partial charge >= 0.3 is 0 Å². The predicted octanol–water partition coefficient (Wildman–Crippen LogP) is 2.83. The summed E-state index contributed by atoms with van der Waals surface area (Å²) >= 11 is 2.91. The molecule has 5 rings (SSSR count). The molecule has 0 atom stereocenters. The van der Waals surface area contributed by atoms with Crippen LogP contribution >= 0.6 is 22.7 Å². The topological polar surface area (TPSA) is 76.5 Å². The van der Waals surface area contributed by atoms with Gasteiger partial charge in [0.2, 0.25) is 0 Å². The molecular formula is C23H19N5OS2. The standard InChI is InChI=1S/C23H19N5OS2/c24-14-18(21-26-25-20-9-5-2-6-11-27(20)21)23-28(17-7-3-1-4-8-17)22(29)19(31-23)13-16-10-12-30-15-16/h1,3-4,7-8,10,12-13,15H,2,5-6,9,11H2/b19-13-,23-18+. The zero-order valence-corrected chi connectivity index (χ0v) is 18.3. The highest BCUT2D eigenvalue weighted by molar-refractivity contribution is 7.08. The number of aryl methyl sites for hydroxylation is 1. The van der Waals surface area contributed by atoms with E-state index in [1.807, 2.05) is 57.8 Å². The summed E-state index contributed by atoms with van der Waals surface area (Å²) in [6, 6.07) is 13.8. The van der Waals surface area contributed by atoms with Crippen LogP contribution in [0.2, 0.25) is 0 Å². The first-order chi connectivity index (χ1) is 15.3. The average molecular weight is 446 g/mol. The molecule has 0 spiro atoms. The van der Waals surface area contributed by atoms with E-state index in [2.05, 4.69) is 16.3 Å². The Balaban J connectivity index is 1.84. The van der Waals surface area contributed by atoms with Crippen molar-refractivity contribution in [3.05, 3.63) is 83.9 Å². The third-order valence-electron chi connectivity index (χ3n) is 5.34. The highest BCUT2D eigenvalue weighted by Crippen LogP contribution is 2.18. The summed E-state index contributed by atoms with van der Waals surface area (Å²) in [7, 11) is 0. The van der Waals surface area contributed by atoms with E-state index in [0.29, 0.717) is 20.6 Å². The van der Waals surface area contributed by atoms with Crippen molar-refractivity contribution in [2.75, 3.05) is 0 Å². The molecule has 0 saturated heterocycles. The molecule has 0 fully saturated rings. The predicted molar refractivity (Wildman–Crippen MR) is 123 cm³/mol. The normalized spacial score (nSPS) is 15.3. The summed E-state index contributed by atoms with van der Waals surface area (Å²) in [6.07, 6.45) is 5.99. The molecule has 0 unspecified atom stereocenters. The molecule has 0 N–H and O–H groups in total. The molecule has 1 aliphatic rings. The van der Waals surface area contributed by atoms with Crippen LogP contribution in [0.1, 0.15) is 36.5 Å². The summed E-state index contributed by atoms with van der Waals surface area (Å²) in [5.41, 5.74) is 1.95. The molecule has 154 valence electrons. The first-order valence-corrected chi connectivity index (χ1v) is 11.9. The molecule has 31 heavy (non-hydrogen) atoms.